The summed E-state index contributed by atoms with van der Waals surface area (Å²) >= 11 is 1.69. The molecule has 0 fully saturated rings. The van der Waals surface area contributed by atoms with Gasteiger partial charge in [0.15, 0.2) is 0 Å². The van der Waals surface area contributed by atoms with Gasteiger partial charge in [0.2, 0.25) is 0 Å². The van der Waals surface area contributed by atoms with Gasteiger partial charge in [-0.2, -0.15) is 0 Å². The summed E-state index contributed by atoms with van der Waals surface area (Å²) < 4.78 is 0. The van der Waals surface area contributed by atoms with Gasteiger partial charge >= 0.3 is 0 Å². The third kappa shape index (κ3) is 3.25. The van der Waals surface area contributed by atoms with E-state index in [1.54, 1.807) is 17.8 Å². The van der Waals surface area contributed by atoms with E-state index in [1.807, 2.05) is 25.2 Å². The van der Waals surface area contributed by atoms with Crippen molar-refractivity contribution in [3.8, 4) is 0 Å². The standard InChI is InChI=1S/C25H22N2S/c1-4-5-8-20(17(3)26)18-12-11-16(2)28-25-19(15-18)13-14-22-21-9-6-7-10-23(21)27-24(22)25/h4-15,27H,1-2,26H2,3H3/b8-5-,12-11-,18-15+,20-17-. The zero-order chi connectivity index (χ0) is 19.7. The Morgan fingerprint density at radius 3 is 2.71 bits per heavy atom. The van der Waals surface area contributed by atoms with Crippen LogP contribution >= 0.6 is 11.8 Å². The number of thioether (sulfide) groups is 1. The van der Waals surface area contributed by atoms with E-state index in [1.165, 1.54) is 15.7 Å². The van der Waals surface area contributed by atoms with Crippen LogP contribution in [0.5, 0.6) is 0 Å². The van der Waals surface area contributed by atoms with Crippen molar-refractivity contribution in [1.82, 2.24) is 4.98 Å². The highest BCUT2D eigenvalue weighted by Gasteiger charge is 2.15. The lowest BCUT2D eigenvalue weighted by Gasteiger charge is -2.14. The van der Waals surface area contributed by atoms with Crippen molar-refractivity contribution in [1.29, 1.82) is 0 Å². The predicted molar refractivity (Wildman–Crippen MR) is 124 cm³/mol. The minimum atomic E-state index is 0.765. The molecule has 2 nitrogen and oxygen atoms in total. The lowest BCUT2D eigenvalue weighted by atomic mass is 9.99. The van der Waals surface area contributed by atoms with E-state index < -0.39 is 0 Å². The summed E-state index contributed by atoms with van der Waals surface area (Å²) in [4.78, 5) is 5.77. The van der Waals surface area contributed by atoms with Crippen LogP contribution in [0, 0.1) is 0 Å². The third-order valence-electron chi connectivity index (χ3n) is 4.79. The number of rotatable bonds is 3. The van der Waals surface area contributed by atoms with E-state index in [2.05, 4.69) is 66.7 Å². The van der Waals surface area contributed by atoms with Gasteiger partial charge < -0.3 is 10.7 Å². The molecule has 1 aromatic heterocycles. The molecule has 0 unspecified atom stereocenters. The van der Waals surface area contributed by atoms with Crippen molar-refractivity contribution in [2.45, 2.75) is 11.8 Å². The fraction of sp³-hybridized carbons (Fsp3) is 0.0400. The van der Waals surface area contributed by atoms with Crippen LogP contribution in [-0.4, -0.2) is 4.98 Å². The number of hydrogen-bond acceptors (Lipinski definition) is 2. The fourth-order valence-corrected chi connectivity index (χ4v) is 4.39. The van der Waals surface area contributed by atoms with Gasteiger partial charge in [-0.1, -0.05) is 79.6 Å². The van der Waals surface area contributed by atoms with Crippen LogP contribution in [0.4, 0.5) is 0 Å². The molecule has 3 N–H and O–H groups in total. The average Bonchev–Trinajstić information content (AvgIpc) is 3.05. The van der Waals surface area contributed by atoms with Crippen LogP contribution in [0.3, 0.4) is 0 Å². The molecule has 0 saturated carbocycles. The molecule has 3 heteroatoms. The first-order valence-electron chi connectivity index (χ1n) is 9.14. The molecule has 4 rings (SSSR count). The molecule has 0 spiro atoms. The molecule has 1 aliphatic heterocycles. The van der Waals surface area contributed by atoms with Crippen LogP contribution < -0.4 is 5.73 Å². The minimum absolute atomic E-state index is 0.765. The van der Waals surface area contributed by atoms with Gasteiger partial charge in [-0.05, 0) is 36.3 Å². The molecule has 28 heavy (non-hydrogen) atoms. The first kappa shape index (κ1) is 18.2. The number of hydrogen-bond donors (Lipinski definition) is 2. The average molecular weight is 383 g/mol. The quantitative estimate of drug-likeness (QED) is 0.486. The Balaban J connectivity index is 1.99. The Hall–Kier alpha value is -3.17. The normalized spacial score (nSPS) is 18.3. The second-order valence-corrected chi connectivity index (χ2v) is 7.91. The zero-order valence-corrected chi connectivity index (χ0v) is 16.6. The highest BCUT2D eigenvalue weighted by Crippen LogP contribution is 2.41. The Morgan fingerprint density at radius 1 is 1.11 bits per heavy atom. The second-order valence-electron chi connectivity index (χ2n) is 6.77. The number of aromatic nitrogens is 1. The van der Waals surface area contributed by atoms with Crippen molar-refractivity contribution in [2.24, 2.45) is 5.73 Å². The number of nitrogens with two attached hydrogens (primary N) is 1. The monoisotopic (exact) mass is 382 g/mol. The zero-order valence-electron chi connectivity index (χ0n) is 15.8. The molecule has 0 saturated heterocycles. The van der Waals surface area contributed by atoms with Gasteiger partial charge in [-0.15, -0.1) is 0 Å². The Morgan fingerprint density at radius 2 is 1.93 bits per heavy atom. The highest BCUT2D eigenvalue weighted by atomic mass is 32.2. The lowest BCUT2D eigenvalue weighted by molar-refractivity contribution is 1.26. The molecule has 0 atom stereocenters. The second kappa shape index (κ2) is 7.45. The Bertz CT molecular complexity index is 1230. The van der Waals surface area contributed by atoms with Crippen LogP contribution in [0.25, 0.3) is 27.9 Å². The van der Waals surface area contributed by atoms with Gasteiger partial charge in [0.05, 0.1) is 5.52 Å². The molecule has 1 aliphatic rings. The number of aromatic amines is 1. The Kier molecular flexibility index (Phi) is 4.84. The van der Waals surface area contributed by atoms with Crippen LogP contribution in [-0.2, 0) is 0 Å². The molecule has 0 radical (unpaired) electrons. The van der Waals surface area contributed by atoms with Crippen molar-refractivity contribution in [3.63, 3.8) is 0 Å². The van der Waals surface area contributed by atoms with E-state index >= 15 is 0 Å². The Labute approximate surface area is 169 Å². The maximum atomic E-state index is 6.18. The first-order valence-corrected chi connectivity index (χ1v) is 9.96. The van der Waals surface area contributed by atoms with Crippen molar-refractivity contribution in [3.05, 3.63) is 107 Å². The summed E-state index contributed by atoms with van der Waals surface area (Å²) in [5.41, 5.74) is 12.4. The number of para-hydroxylation sites is 1. The van der Waals surface area contributed by atoms with Crippen molar-refractivity contribution < 1.29 is 0 Å². The number of fused-ring (bicyclic) bond motifs is 5. The largest absolute Gasteiger partial charge is 0.402 e. The van der Waals surface area contributed by atoms with Crippen molar-refractivity contribution in [2.75, 3.05) is 0 Å². The number of H-pyrrole nitrogens is 1. The molecular weight excluding hydrogens is 360 g/mol. The molecule has 0 bridgehead atoms. The van der Waals surface area contributed by atoms with E-state index in [4.69, 9.17) is 5.73 Å². The van der Waals surface area contributed by atoms with Crippen LogP contribution in [0.15, 0.2) is 107 Å². The number of nitrogens with one attached hydrogen (secondary N) is 1. The summed E-state index contributed by atoms with van der Waals surface area (Å²) in [7, 11) is 0. The summed E-state index contributed by atoms with van der Waals surface area (Å²) in [6.07, 6.45) is 12.0. The smallest absolute Gasteiger partial charge is 0.0612 e. The third-order valence-corrected chi connectivity index (χ3v) is 5.84. The number of allylic oxidation sites excluding steroid dienone is 8. The maximum Gasteiger partial charge on any atom is 0.0612 e. The van der Waals surface area contributed by atoms with E-state index in [0.29, 0.717) is 0 Å². The van der Waals surface area contributed by atoms with Gasteiger partial charge in [-0.3, -0.25) is 0 Å². The molecule has 2 aromatic carbocycles. The lowest BCUT2D eigenvalue weighted by Crippen LogP contribution is -1.99. The van der Waals surface area contributed by atoms with Gasteiger partial charge in [0.25, 0.3) is 0 Å². The molecule has 138 valence electrons. The first-order chi connectivity index (χ1) is 13.6. The van der Waals surface area contributed by atoms with E-state index in [9.17, 15) is 0 Å². The summed E-state index contributed by atoms with van der Waals surface area (Å²) in [5, 5.41) is 2.46. The van der Waals surface area contributed by atoms with E-state index in [0.717, 1.165) is 38.3 Å². The maximum absolute atomic E-state index is 6.18. The van der Waals surface area contributed by atoms with Gasteiger partial charge in [-0.25, -0.2) is 0 Å². The SMILES string of the molecule is C=C\C=C/C(=C(\C)N)C1=C/c2ccc3c([nH]c4ccccc43)c2SC(=C)/C=C\1. The fourth-order valence-electron chi connectivity index (χ4n) is 3.48. The minimum Gasteiger partial charge on any atom is -0.402 e. The molecule has 2 heterocycles. The molecular formula is C25H22N2S. The van der Waals surface area contributed by atoms with E-state index in [-0.39, 0.29) is 0 Å². The van der Waals surface area contributed by atoms with Crippen molar-refractivity contribution >= 4 is 39.6 Å². The molecule has 0 aliphatic carbocycles. The summed E-state index contributed by atoms with van der Waals surface area (Å²) in [6, 6.07) is 12.8. The molecule has 0 amide bonds. The van der Waals surface area contributed by atoms with Crippen LogP contribution in [0.2, 0.25) is 0 Å². The van der Waals surface area contributed by atoms with Crippen LogP contribution in [0.1, 0.15) is 12.5 Å². The van der Waals surface area contributed by atoms with Gasteiger partial charge in [0, 0.05) is 37.4 Å². The summed E-state index contributed by atoms with van der Waals surface area (Å²) in [6.45, 7) is 9.91. The summed E-state index contributed by atoms with van der Waals surface area (Å²) in [5.74, 6) is 0. The highest BCUT2D eigenvalue weighted by molar-refractivity contribution is 8.03. The number of benzene rings is 2. The topological polar surface area (TPSA) is 41.8 Å². The molecule has 3 aromatic rings. The predicted octanol–water partition coefficient (Wildman–Crippen LogP) is 6.86. The van der Waals surface area contributed by atoms with Gasteiger partial charge in [0.1, 0.15) is 0 Å².